The Balaban J connectivity index is 2.30. The van der Waals surface area contributed by atoms with E-state index >= 15 is 0 Å². The second-order valence-corrected chi connectivity index (χ2v) is 6.03. The van der Waals surface area contributed by atoms with Crippen molar-refractivity contribution < 1.29 is 5.21 Å². The van der Waals surface area contributed by atoms with Gasteiger partial charge in [0.1, 0.15) is 0 Å². The summed E-state index contributed by atoms with van der Waals surface area (Å²) >= 11 is 4.93. The van der Waals surface area contributed by atoms with Gasteiger partial charge in [-0.25, -0.2) is 9.97 Å². The summed E-state index contributed by atoms with van der Waals surface area (Å²) in [5, 5.41) is 12.3. The molecular weight excluding hydrogens is 340 g/mol. The summed E-state index contributed by atoms with van der Waals surface area (Å²) in [6.07, 6.45) is 0. The number of benzene rings is 1. The zero-order valence-corrected chi connectivity index (χ0v) is 13.4. The van der Waals surface area contributed by atoms with Gasteiger partial charge in [-0.05, 0) is 65.8 Å². The van der Waals surface area contributed by atoms with Gasteiger partial charge in [-0.1, -0.05) is 5.16 Å². The van der Waals surface area contributed by atoms with Crippen LogP contribution in [0.5, 0.6) is 0 Å². The molecule has 2 rings (SSSR count). The van der Waals surface area contributed by atoms with E-state index in [0.29, 0.717) is 10.7 Å². The first-order chi connectivity index (χ1) is 9.49. The minimum atomic E-state index is 0.0740. The molecule has 1 heterocycles. The first-order valence-corrected chi connectivity index (χ1v) is 7.38. The van der Waals surface area contributed by atoms with Gasteiger partial charge in [-0.2, -0.15) is 0 Å². The van der Waals surface area contributed by atoms with E-state index in [4.69, 9.17) is 10.9 Å². The van der Waals surface area contributed by atoms with Crippen LogP contribution in [-0.2, 0) is 0 Å². The maximum absolute atomic E-state index is 8.67. The molecule has 2 aromatic rings. The number of nitrogens with zero attached hydrogens (tertiary/aromatic N) is 3. The van der Waals surface area contributed by atoms with E-state index < -0.39 is 0 Å². The molecule has 3 N–H and O–H groups in total. The molecule has 0 saturated carbocycles. The van der Waals surface area contributed by atoms with E-state index in [9.17, 15) is 0 Å². The van der Waals surface area contributed by atoms with Crippen molar-refractivity contribution >= 4 is 33.5 Å². The maximum atomic E-state index is 8.67. The van der Waals surface area contributed by atoms with E-state index in [1.165, 1.54) is 11.8 Å². The molecule has 0 aliphatic heterocycles. The van der Waals surface area contributed by atoms with Crippen LogP contribution in [-0.4, -0.2) is 21.0 Å². The lowest BCUT2D eigenvalue weighted by atomic mass is 10.2. The molecule has 7 heteroatoms. The average Bonchev–Trinajstić information content (AvgIpc) is 2.39. The molecule has 0 amide bonds. The Bertz CT molecular complexity index is 655. The fraction of sp³-hybridized carbons (Fsp3) is 0.154. The van der Waals surface area contributed by atoms with Gasteiger partial charge in [0.25, 0.3) is 0 Å². The summed E-state index contributed by atoms with van der Waals surface area (Å²) in [7, 11) is 0. The monoisotopic (exact) mass is 352 g/mol. The third-order valence-corrected chi connectivity index (χ3v) is 4.36. The van der Waals surface area contributed by atoms with Crippen LogP contribution in [0.3, 0.4) is 0 Å². The van der Waals surface area contributed by atoms with E-state index in [2.05, 4.69) is 31.1 Å². The molecule has 0 unspecified atom stereocenters. The van der Waals surface area contributed by atoms with Gasteiger partial charge in [0.2, 0.25) is 0 Å². The number of rotatable bonds is 3. The number of hydrogen-bond acceptors (Lipinski definition) is 5. The van der Waals surface area contributed by atoms with Crippen molar-refractivity contribution in [2.24, 2.45) is 10.9 Å². The largest absolute Gasteiger partial charge is 0.409 e. The number of amidine groups is 1. The second kappa shape index (κ2) is 6.23. The number of nitrogens with two attached hydrogens (primary N) is 1. The van der Waals surface area contributed by atoms with Gasteiger partial charge in [0, 0.05) is 26.3 Å². The standard InChI is InChI=1S/C13H13BrN4OS/c1-7-5-8(2)17-13(16-7)20-11-4-3-9(6-10(11)14)12(15)18-19/h3-6,19H,1-2H3,(H2,15,18). The lowest BCUT2D eigenvalue weighted by Crippen LogP contribution is -2.12. The topological polar surface area (TPSA) is 84.4 Å². The fourth-order valence-electron chi connectivity index (χ4n) is 1.64. The summed E-state index contributed by atoms with van der Waals surface area (Å²) < 4.78 is 0.842. The highest BCUT2D eigenvalue weighted by atomic mass is 79.9. The van der Waals surface area contributed by atoms with E-state index in [0.717, 1.165) is 20.8 Å². The number of aryl methyl sites for hydroxylation is 2. The molecule has 0 fully saturated rings. The Morgan fingerprint density at radius 1 is 1.25 bits per heavy atom. The summed E-state index contributed by atoms with van der Waals surface area (Å²) in [6.45, 7) is 3.88. The fourth-order valence-corrected chi connectivity index (χ4v) is 3.13. The molecule has 104 valence electrons. The highest BCUT2D eigenvalue weighted by molar-refractivity contribution is 9.10. The van der Waals surface area contributed by atoms with E-state index in [-0.39, 0.29) is 5.84 Å². The zero-order chi connectivity index (χ0) is 14.7. The first-order valence-electron chi connectivity index (χ1n) is 5.77. The molecule has 1 aromatic heterocycles. The van der Waals surface area contributed by atoms with E-state index in [1.54, 1.807) is 12.1 Å². The van der Waals surface area contributed by atoms with Crippen LogP contribution in [0.15, 0.2) is 43.9 Å². The van der Waals surface area contributed by atoms with Crippen molar-refractivity contribution in [1.29, 1.82) is 0 Å². The smallest absolute Gasteiger partial charge is 0.192 e. The average molecular weight is 353 g/mol. The molecule has 0 atom stereocenters. The summed E-state index contributed by atoms with van der Waals surface area (Å²) in [6, 6.07) is 7.38. The number of halogens is 1. The van der Waals surface area contributed by atoms with Crippen molar-refractivity contribution in [3.63, 3.8) is 0 Å². The summed E-state index contributed by atoms with van der Waals surface area (Å²) in [5.41, 5.74) is 8.07. The van der Waals surface area contributed by atoms with Crippen LogP contribution in [0.25, 0.3) is 0 Å². The molecule has 5 nitrogen and oxygen atoms in total. The van der Waals surface area contributed by atoms with Gasteiger partial charge < -0.3 is 10.9 Å². The Morgan fingerprint density at radius 3 is 2.45 bits per heavy atom. The molecule has 0 aliphatic carbocycles. The molecular formula is C13H13BrN4OS. The molecule has 0 spiro atoms. The number of oxime groups is 1. The third kappa shape index (κ3) is 3.49. The predicted molar refractivity (Wildman–Crippen MR) is 82.3 cm³/mol. The lowest BCUT2D eigenvalue weighted by molar-refractivity contribution is 0.318. The Morgan fingerprint density at radius 2 is 1.90 bits per heavy atom. The second-order valence-electron chi connectivity index (χ2n) is 4.17. The highest BCUT2D eigenvalue weighted by Gasteiger charge is 2.08. The molecule has 0 radical (unpaired) electrons. The highest BCUT2D eigenvalue weighted by Crippen LogP contribution is 2.32. The predicted octanol–water partition coefficient (Wildman–Crippen LogP) is 3.10. The van der Waals surface area contributed by atoms with Gasteiger partial charge in [0.15, 0.2) is 11.0 Å². The Hall–Kier alpha value is -1.60. The maximum Gasteiger partial charge on any atom is 0.192 e. The quantitative estimate of drug-likeness (QED) is 0.291. The minimum absolute atomic E-state index is 0.0740. The van der Waals surface area contributed by atoms with Crippen LogP contribution >= 0.6 is 27.7 Å². The zero-order valence-electron chi connectivity index (χ0n) is 11.0. The van der Waals surface area contributed by atoms with Crippen LogP contribution in [0.4, 0.5) is 0 Å². The number of hydrogen-bond donors (Lipinski definition) is 2. The lowest BCUT2D eigenvalue weighted by Gasteiger charge is -2.06. The van der Waals surface area contributed by atoms with Crippen LogP contribution in [0.2, 0.25) is 0 Å². The van der Waals surface area contributed by atoms with Crippen LogP contribution in [0, 0.1) is 13.8 Å². The van der Waals surface area contributed by atoms with Crippen molar-refractivity contribution in [2.45, 2.75) is 23.9 Å². The van der Waals surface area contributed by atoms with Crippen LogP contribution in [0.1, 0.15) is 17.0 Å². The van der Waals surface area contributed by atoms with Crippen LogP contribution < -0.4 is 5.73 Å². The van der Waals surface area contributed by atoms with Crippen molar-refractivity contribution in [2.75, 3.05) is 0 Å². The number of aromatic nitrogens is 2. The molecule has 0 bridgehead atoms. The van der Waals surface area contributed by atoms with Crippen molar-refractivity contribution in [3.8, 4) is 0 Å². The van der Waals surface area contributed by atoms with Crippen molar-refractivity contribution in [1.82, 2.24) is 9.97 Å². The van der Waals surface area contributed by atoms with Gasteiger partial charge in [0.05, 0.1) is 0 Å². The SMILES string of the molecule is Cc1cc(C)nc(Sc2ccc(/C(N)=N/O)cc2Br)n1. The summed E-state index contributed by atoms with van der Waals surface area (Å²) in [5.74, 6) is 0.0740. The first kappa shape index (κ1) is 14.8. The van der Waals surface area contributed by atoms with Gasteiger partial charge in [-0.3, -0.25) is 0 Å². The van der Waals surface area contributed by atoms with Crippen molar-refractivity contribution in [3.05, 3.63) is 45.7 Å². The minimum Gasteiger partial charge on any atom is -0.409 e. The Kier molecular flexibility index (Phi) is 4.61. The third-order valence-electron chi connectivity index (χ3n) is 2.50. The molecule has 0 aliphatic rings. The Labute approximate surface area is 129 Å². The van der Waals surface area contributed by atoms with E-state index in [1.807, 2.05) is 26.0 Å². The molecule has 0 saturated heterocycles. The summed E-state index contributed by atoms with van der Waals surface area (Å²) in [4.78, 5) is 9.74. The van der Waals surface area contributed by atoms with Gasteiger partial charge >= 0.3 is 0 Å². The molecule has 1 aromatic carbocycles. The normalized spacial score (nSPS) is 11.7. The van der Waals surface area contributed by atoms with Gasteiger partial charge in [-0.15, -0.1) is 0 Å². The molecule has 20 heavy (non-hydrogen) atoms.